The van der Waals surface area contributed by atoms with Gasteiger partial charge in [0.25, 0.3) is 0 Å². The first-order valence-corrected chi connectivity index (χ1v) is 12.6. The fraction of sp³-hybridized carbons (Fsp3) is 0.435. The number of hydrogen-bond donors (Lipinski definition) is 1. The third kappa shape index (κ3) is 4.75. The van der Waals surface area contributed by atoms with Gasteiger partial charge in [-0.2, -0.15) is 23.2 Å². The van der Waals surface area contributed by atoms with E-state index in [1.54, 1.807) is 17.7 Å². The van der Waals surface area contributed by atoms with Crippen molar-refractivity contribution in [2.45, 2.75) is 69.1 Å². The van der Waals surface area contributed by atoms with Crippen molar-refractivity contribution in [2.75, 3.05) is 0 Å². The Morgan fingerprint density at radius 2 is 1.80 bits per heavy atom. The summed E-state index contributed by atoms with van der Waals surface area (Å²) in [6, 6.07) is 2.79. The van der Waals surface area contributed by atoms with Gasteiger partial charge >= 0.3 is 6.18 Å². The first-order chi connectivity index (χ1) is 16.4. The molecule has 0 saturated heterocycles. The molecule has 3 aromatic rings. The van der Waals surface area contributed by atoms with E-state index in [0.29, 0.717) is 29.1 Å². The Balaban J connectivity index is 1.84. The third-order valence-corrected chi connectivity index (χ3v) is 7.80. The molecule has 1 aliphatic rings. The molecule has 1 atom stereocenters. The Kier molecular flexibility index (Phi) is 6.59. The molecule has 0 aliphatic heterocycles. The Morgan fingerprint density at radius 1 is 1.17 bits per heavy atom. The smallest absolute Gasteiger partial charge is 0.334 e. The lowest BCUT2D eigenvalue weighted by Crippen LogP contribution is -2.43. The van der Waals surface area contributed by atoms with E-state index in [2.05, 4.69) is 16.0 Å². The van der Waals surface area contributed by atoms with Gasteiger partial charge in [0.2, 0.25) is 10.0 Å². The van der Waals surface area contributed by atoms with Crippen LogP contribution in [0.15, 0.2) is 29.4 Å². The highest BCUT2D eigenvalue weighted by molar-refractivity contribution is 7.89. The highest BCUT2D eigenvalue weighted by atomic mass is 32.2. The second-order valence-electron chi connectivity index (χ2n) is 8.74. The summed E-state index contributed by atoms with van der Waals surface area (Å²) < 4.78 is 81.2. The fourth-order valence-corrected chi connectivity index (χ4v) is 5.55. The van der Waals surface area contributed by atoms with E-state index in [1.807, 2.05) is 4.57 Å². The standard InChI is InChI=1S/C23H23F4N5O2S/c1-13-8-20-17(9-19(13)24)18(10-28)21(32(20)15-6-4-3-5-7-15)22-29-11-16(12-30-22)35(33,34)31-14(2)23(25,26)27/h8-9,11-12,14-15,31H,3-7H2,1-2H3/t14-/m0/s1. The number of benzene rings is 1. The van der Waals surface area contributed by atoms with Crippen molar-refractivity contribution in [3.8, 4) is 17.6 Å². The molecule has 186 valence electrons. The van der Waals surface area contributed by atoms with Crippen LogP contribution in [0.5, 0.6) is 0 Å². The maximum absolute atomic E-state index is 14.4. The molecular weight excluding hydrogens is 486 g/mol. The molecule has 1 N–H and O–H groups in total. The van der Waals surface area contributed by atoms with Crippen LogP contribution < -0.4 is 4.72 Å². The molecular formula is C23H23F4N5O2S. The number of nitrogens with one attached hydrogen (secondary N) is 1. The molecule has 7 nitrogen and oxygen atoms in total. The molecule has 0 bridgehead atoms. The Bertz CT molecular complexity index is 1400. The lowest BCUT2D eigenvalue weighted by atomic mass is 9.95. The van der Waals surface area contributed by atoms with Gasteiger partial charge in [0.1, 0.15) is 28.5 Å². The SMILES string of the molecule is Cc1cc2c(cc1F)c(C#N)c(-c1ncc(S(=O)(=O)N[C@@H](C)C(F)(F)F)cn1)n2C1CCCCC1. The van der Waals surface area contributed by atoms with Crippen molar-refractivity contribution >= 4 is 20.9 Å². The largest absolute Gasteiger partial charge is 0.404 e. The maximum Gasteiger partial charge on any atom is 0.404 e. The number of sulfonamides is 1. The summed E-state index contributed by atoms with van der Waals surface area (Å²) in [7, 11) is -4.54. The molecule has 0 amide bonds. The Morgan fingerprint density at radius 3 is 2.37 bits per heavy atom. The minimum absolute atomic E-state index is 0.00882. The molecule has 4 rings (SSSR count). The minimum Gasteiger partial charge on any atom is -0.334 e. The van der Waals surface area contributed by atoms with Gasteiger partial charge in [-0.25, -0.2) is 22.8 Å². The zero-order valence-corrected chi connectivity index (χ0v) is 19.8. The number of alkyl halides is 3. The van der Waals surface area contributed by atoms with Crippen molar-refractivity contribution in [3.63, 3.8) is 0 Å². The number of nitriles is 1. The molecule has 2 heterocycles. The van der Waals surface area contributed by atoms with E-state index in [1.165, 1.54) is 6.07 Å². The van der Waals surface area contributed by atoms with E-state index < -0.39 is 33.0 Å². The van der Waals surface area contributed by atoms with E-state index >= 15 is 0 Å². The average molecular weight is 510 g/mol. The third-order valence-electron chi connectivity index (χ3n) is 6.31. The first kappa shape index (κ1) is 25.1. The minimum atomic E-state index is -4.76. The molecule has 0 spiro atoms. The second kappa shape index (κ2) is 9.20. The van der Waals surface area contributed by atoms with Gasteiger partial charge in [0, 0.05) is 11.4 Å². The normalized spacial score (nSPS) is 16.4. The van der Waals surface area contributed by atoms with Crippen LogP contribution in [0.2, 0.25) is 0 Å². The van der Waals surface area contributed by atoms with Crippen molar-refractivity contribution in [3.05, 3.63) is 41.5 Å². The molecule has 35 heavy (non-hydrogen) atoms. The van der Waals surface area contributed by atoms with Gasteiger partial charge in [-0.15, -0.1) is 0 Å². The molecule has 1 saturated carbocycles. The molecule has 1 aliphatic carbocycles. The lowest BCUT2D eigenvalue weighted by molar-refractivity contribution is -0.147. The van der Waals surface area contributed by atoms with Crippen molar-refractivity contribution < 1.29 is 26.0 Å². The summed E-state index contributed by atoms with van der Waals surface area (Å²) in [6.45, 7) is 2.32. The van der Waals surface area contributed by atoms with Gasteiger partial charge in [0.15, 0.2) is 5.82 Å². The van der Waals surface area contributed by atoms with Crippen LogP contribution in [-0.4, -0.2) is 35.2 Å². The summed E-state index contributed by atoms with van der Waals surface area (Å²) in [5.74, 6) is -0.433. The fourth-order valence-electron chi connectivity index (χ4n) is 4.43. The molecule has 0 unspecified atom stereocenters. The summed E-state index contributed by atoms with van der Waals surface area (Å²) in [4.78, 5) is 7.68. The van der Waals surface area contributed by atoms with Crippen LogP contribution in [0.1, 0.15) is 56.2 Å². The predicted octanol–water partition coefficient (Wildman–Crippen LogP) is 5.15. The van der Waals surface area contributed by atoms with Gasteiger partial charge in [-0.05, 0) is 44.4 Å². The van der Waals surface area contributed by atoms with Crippen molar-refractivity contribution in [2.24, 2.45) is 0 Å². The highest BCUT2D eigenvalue weighted by Crippen LogP contribution is 2.40. The van der Waals surface area contributed by atoms with Crippen LogP contribution in [-0.2, 0) is 10.0 Å². The Labute approximate surface area is 199 Å². The number of aromatic nitrogens is 3. The summed E-state index contributed by atoms with van der Waals surface area (Å²) >= 11 is 0. The van der Waals surface area contributed by atoms with E-state index in [-0.39, 0.29) is 17.4 Å². The maximum atomic E-state index is 14.4. The molecule has 1 aromatic carbocycles. The van der Waals surface area contributed by atoms with Gasteiger partial charge < -0.3 is 4.57 Å². The van der Waals surface area contributed by atoms with Crippen LogP contribution in [0.4, 0.5) is 17.6 Å². The van der Waals surface area contributed by atoms with Gasteiger partial charge in [-0.1, -0.05) is 19.3 Å². The van der Waals surface area contributed by atoms with Crippen LogP contribution in [0, 0.1) is 24.1 Å². The topological polar surface area (TPSA) is 101 Å². The number of nitrogens with zero attached hydrogens (tertiary/aromatic N) is 4. The van der Waals surface area contributed by atoms with E-state index in [0.717, 1.165) is 44.5 Å². The summed E-state index contributed by atoms with van der Waals surface area (Å²) in [5, 5.41) is 10.4. The lowest BCUT2D eigenvalue weighted by Gasteiger charge is -2.26. The van der Waals surface area contributed by atoms with E-state index in [4.69, 9.17) is 0 Å². The zero-order valence-electron chi connectivity index (χ0n) is 19.0. The highest BCUT2D eigenvalue weighted by Gasteiger charge is 2.39. The summed E-state index contributed by atoms with van der Waals surface area (Å²) in [6.07, 6.45) is 1.76. The second-order valence-corrected chi connectivity index (χ2v) is 10.5. The first-order valence-electron chi connectivity index (χ1n) is 11.1. The molecule has 1 fully saturated rings. The predicted molar refractivity (Wildman–Crippen MR) is 120 cm³/mol. The van der Waals surface area contributed by atoms with Crippen LogP contribution in [0.25, 0.3) is 22.4 Å². The van der Waals surface area contributed by atoms with Gasteiger partial charge in [0.05, 0.1) is 23.5 Å². The van der Waals surface area contributed by atoms with Crippen LogP contribution in [0.3, 0.4) is 0 Å². The molecule has 12 heteroatoms. The molecule has 0 radical (unpaired) electrons. The number of halogens is 4. The number of aryl methyl sites for hydroxylation is 1. The van der Waals surface area contributed by atoms with E-state index in [9.17, 15) is 31.2 Å². The van der Waals surface area contributed by atoms with Crippen molar-refractivity contribution in [1.29, 1.82) is 5.26 Å². The van der Waals surface area contributed by atoms with Crippen LogP contribution >= 0.6 is 0 Å². The summed E-state index contributed by atoms with van der Waals surface area (Å²) in [5.41, 5.74) is 1.56. The monoisotopic (exact) mass is 509 g/mol. The van der Waals surface area contributed by atoms with Crippen molar-refractivity contribution in [1.82, 2.24) is 19.3 Å². The average Bonchev–Trinajstić information content (AvgIpc) is 3.12. The quantitative estimate of drug-likeness (QED) is 0.480. The zero-order chi connectivity index (χ0) is 25.5. The Hall–Kier alpha value is -3.04. The number of hydrogen-bond acceptors (Lipinski definition) is 5. The van der Waals surface area contributed by atoms with Gasteiger partial charge in [-0.3, -0.25) is 0 Å². The number of fused-ring (bicyclic) bond motifs is 1. The molecule has 2 aromatic heterocycles. The number of rotatable bonds is 5.